The Bertz CT molecular complexity index is 1200. The molecule has 3 aromatic rings. The van der Waals surface area contributed by atoms with Crippen molar-refractivity contribution in [3.63, 3.8) is 0 Å². The molecule has 9 nitrogen and oxygen atoms in total. The first-order valence-electron chi connectivity index (χ1n) is 11.2. The van der Waals surface area contributed by atoms with Gasteiger partial charge in [-0.15, -0.1) is 0 Å². The summed E-state index contributed by atoms with van der Waals surface area (Å²) in [7, 11) is 0. The number of carbonyl (C=O) groups is 1. The summed E-state index contributed by atoms with van der Waals surface area (Å²) in [4.78, 5) is 19.7. The second-order valence-corrected chi connectivity index (χ2v) is 9.69. The van der Waals surface area contributed by atoms with Crippen molar-refractivity contribution in [2.45, 2.75) is 44.8 Å². The van der Waals surface area contributed by atoms with E-state index in [1.165, 1.54) is 6.20 Å². The van der Waals surface area contributed by atoms with E-state index < -0.39 is 11.2 Å². The largest absolute Gasteiger partial charge is 0.487 e. The van der Waals surface area contributed by atoms with Crippen LogP contribution in [0.25, 0.3) is 5.65 Å². The fraction of sp³-hybridized carbons (Fsp3) is 0.458. The van der Waals surface area contributed by atoms with E-state index in [1.54, 1.807) is 36.8 Å². The summed E-state index contributed by atoms with van der Waals surface area (Å²) >= 11 is 0. The molecule has 174 valence electrons. The molecule has 0 bridgehead atoms. The molecule has 0 saturated carbocycles. The van der Waals surface area contributed by atoms with Crippen LogP contribution in [0.15, 0.2) is 36.8 Å². The monoisotopic (exact) mass is 451 g/mol. The molecule has 0 aliphatic carbocycles. The van der Waals surface area contributed by atoms with E-state index in [9.17, 15) is 9.90 Å². The zero-order valence-electron chi connectivity index (χ0n) is 19.2. The lowest BCUT2D eigenvalue weighted by atomic mass is 9.87. The summed E-state index contributed by atoms with van der Waals surface area (Å²) in [6.07, 6.45) is 6.08. The number of nitrogens with one attached hydrogen (secondary N) is 1. The number of aliphatic hydroxyl groups is 1. The van der Waals surface area contributed by atoms with Gasteiger partial charge in [-0.1, -0.05) is 0 Å². The summed E-state index contributed by atoms with van der Waals surface area (Å²) in [5.74, 6) is 0.523. The average Bonchev–Trinajstić information content (AvgIpc) is 3.32. The van der Waals surface area contributed by atoms with Crippen molar-refractivity contribution >= 4 is 22.9 Å². The molecule has 2 N–H and O–H groups in total. The van der Waals surface area contributed by atoms with Crippen molar-refractivity contribution in [2.75, 3.05) is 36.5 Å². The summed E-state index contributed by atoms with van der Waals surface area (Å²) in [6, 6.07) is 5.76. The fourth-order valence-corrected chi connectivity index (χ4v) is 4.91. The highest BCUT2D eigenvalue weighted by molar-refractivity contribution is 6.09. The zero-order valence-corrected chi connectivity index (χ0v) is 19.2. The standard InChI is InChI=1S/C24H29N5O4/c1-23(2,31)15-24(3)13-16-11-18(19(12-20(16)33-24)28-7-9-32-10-8-28)27-22(30)17-14-26-29-6-4-5-25-21(17)29/h4-6,11-12,14,31H,7-10,13,15H2,1-3H3,(H,27,30)/t24-/m0/s1. The number of morpholine rings is 1. The van der Waals surface area contributed by atoms with Crippen LogP contribution in [0.3, 0.4) is 0 Å². The van der Waals surface area contributed by atoms with Gasteiger partial charge in [-0.05, 0) is 32.9 Å². The molecule has 0 radical (unpaired) electrons. The molecule has 5 rings (SSSR count). The first-order chi connectivity index (χ1) is 15.7. The van der Waals surface area contributed by atoms with Gasteiger partial charge in [-0.3, -0.25) is 4.79 Å². The van der Waals surface area contributed by atoms with Crippen LogP contribution in [0.2, 0.25) is 0 Å². The number of nitrogens with zero attached hydrogens (tertiary/aromatic N) is 4. The summed E-state index contributed by atoms with van der Waals surface area (Å²) in [6.45, 7) is 8.29. The van der Waals surface area contributed by atoms with Crippen LogP contribution < -0.4 is 15.0 Å². The van der Waals surface area contributed by atoms with Crippen LogP contribution in [0, 0.1) is 0 Å². The van der Waals surface area contributed by atoms with Gasteiger partial charge in [0.2, 0.25) is 0 Å². The van der Waals surface area contributed by atoms with Gasteiger partial charge in [0.1, 0.15) is 16.9 Å². The molecule has 2 aliphatic rings. The molecular formula is C24H29N5O4. The van der Waals surface area contributed by atoms with E-state index in [0.717, 1.165) is 30.1 Å². The van der Waals surface area contributed by atoms with Gasteiger partial charge in [0, 0.05) is 50.0 Å². The predicted molar refractivity (Wildman–Crippen MR) is 124 cm³/mol. The van der Waals surface area contributed by atoms with Crippen LogP contribution in [-0.4, -0.2) is 63.1 Å². The van der Waals surface area contributed by atoms with E-state index in [1.807, 2.05) is 19.1 Å². The Labute approximate surface area is 192 Å². The van der Waals surface area contributed by atoms with Crippen molar-refractivity contribution in [2.24, 2.45) is 0 Å². The smallest absolute Gasteiger partial charge is 0.261 e. The minimum Gasteiger partial charge on any atom is -0.487 e. The highest BCUT2D eigenvalue weighted by Crippen LogP contribution is 2.44. The first-order valence-corrected chi connectivity index (χ1v) is 11.2. The van der Waals surface area contributed by atoms with E-state index >= 15 is 0 Å². The average molecular weight is 452 g/mol. The quantitative estimate of drug-likeness (QED) is 0.615. The predicted octanol–water partition coefficient (Wildman–Crippen LogP) is 2.67. The number of carbonyl (C=O) groups excluding carboxylic acids is 1. The molecular weight excluding hydrogens is 422 g/mol. The molecule has 2 aromatic heterocycles. The van der Waals surface area contributed by atoms with Crippen LogP contribution in [0.1, 0.15) is 43.1 Å². The Balaban J connectivity index is 1.49. The second kappa shape index (κ2) is 8.00. The molecule has 33 heavy (non-hydrogen) atoms. The number of fused-ring (bicyclic) bond motifs is 2. The highest BCUT2D eigenvalue weighted by atomic mass is 16.5. The molecule has 1 amide bonds. The number of benzene rings is 1. The number of aromatic nitrogens is 3. The van der Waals surface area contributed by atoms with Gasteiger partial charge in [-0.2, -0.15) is 5.10 Å². The van der Waals surface area contributed by atoms with Crippen LogP contribution in [0.5, 0.6) is 5.75 Å². The van der Waals surface area contributed by atoms with Crippen LogP contribution in [0.4, 0.5) is 11.4 Å². The van der Waals surface area contributed by atoms with Gasteiger partial charge < -0.3 is 24.8 Å². The van der Waals surface area contributed by atoms with Gasteiger partial charge >= 0.3 is 0 Å². The van der Waals surface area contributed by atoms with E-state index in [-0.39, 0.29) is 5.91 Å². The third kappa shape index (κ3) is 4.38. The Morgan fingerprint density at radius 1 is 1.30 bits per heavy atom. The summed E-state index contributed by atoms with van der Waals surface area (Å²) in [5.41, 5.74) is 2.16. The topological polar surface area (TPSA) is 101 Å². The van der Waals surface area contributed by atoms with Crippen molar-refractivity contribution in [3.8, 4) is 5.75 Å². The zero-order chi connectivity index (χ0) is 23.2. The lowest BCUT2D eigenvalue weighted by Crippen LogP contribution is -2.39. The molecule has 9 heteroatoms. The second-order valence-electron chi connectivity index (χ2n) is 9.69. The third-order valence-electron chi connectivity index (χ3n) is 6.03. The number of rotatable bonds is 5. The maximum Gasteiger partial charge on any atom is 0.261 e. The highest BCUT2D eigenvalue weighted by Gasteiger charge is 2.40. The Hall–Kier alpha value is -3.17. The number of hydrogen-bond donors (Lipinski definition) is 2. The lowest BCUT2D eigenvalue weighted by Gasteiger charge is -2.31. The lowest BCUT2D eigenvalue weighted by molar-refractivity contribution is -0.00935. The number of hydrogen-bond acceptors (Lipinski definition) is 7. The Morgan fingerprint density at radius 2 is 2.09 bits per heavy atom. The third-order valence-corrected chi connectivity index (χ3v) is 6.03. The van der Waals surface area contributed by atoms with Crippen molar-refractivity contribution < 1.29 is 19.4 Å². The molecule has 1 fully saturated rings. The van der Waals surface area contributed by atoms with Gasteiger partial charge in [0.05, 0.1) is 36.4 Å². The minimum atomic E-state index is -0.850. The maximum absolute atomic E-state index is 13.2. The van der Waals surface area contributed by atoms with E-state index in [4.69, 9.17) is 9.47 Å². The number of anilines is 2. The SMILES string of the molecule is CC(C)(O)C[C@]1(C)Cc2cc(NC(=O)c3cnn4cccnc34)c(N3CCOCC3)cc2O1. The van der Waals surface area contributed by atoms with Gasteiger partial charge in [-0.25, -0.2) is 9.50 Å². The molecule has 1 atom stereocenters. The molecule has 1 saturated heterocycles. The minimum absolute atomic E-state index is 0.267. The Morgan fingerprint density at radius 3 is 2.85 bits per heavy atom. The van der Waals surface area contributed by atoms with Crippen molar-refractivity contribution in [1.82, 2.24) is 14.6 Å². The Kier molecular flexibility index (Phi) is 5.25. The van der Waals surface area contributed by atoms with Gasteiger partial charge in [0.15, 0.2) is 5.65 Å². The van der Waals surface area contributed by atoms with Crippen molar-refractivity contribution in [1.29, 1.82) is 0 Å². The normalized spacial score (nSPS) is 20.5. The molecule has 0 unspecified atom stereocenters. The maximum atomic E-state index is 13.2. The number of ether oxygens (including phenoxy) is 2. The molecule has 2 aliphatic heterocycles. The summed E-state index contributed by atoms with van der Waals surface area (Å²) in [5, 5.41) is 17.7. The molecule has 1 aromatic carbocycles. The fourth-order valence-electron chi connectivity index (χ4n) is 4.91. The molecule has 0 spiro atoms. The van der Waals surface area contributed by atoms with Crippen LogP contribution in [-0.2, 0) is 11.2 Å². The number of amides is 1. The van der Waals surface area contributed by atoms with Crippen molar-refractivity contribution in [3.05, 3.63) is 47.9 Å². The molecule has 4 heterocycles. The first kappa shape index (κ1) is 21.7. The van der Waals surface area contributed by atoms with E-state index in [0.29, 0.717) is 43.0 Å². The summed E-state index contributed by atoms with van der Waals surface area (Å²) < 4.78 is 13.4. The van der Waals surface area contributed by atoms with Crippen LogP contribution >= 0.6 is 0 Å². The van der Waals surface area contributed by atoms with E-state index in [2.05, 4.69) is 20.3 Å². The van der Waals surface area contributed by atoms with Gasteiger partial charge in [0.25, 0.3) is 5.91 Å².